The first-order valence-electron chi connectivity index (χ1n) is 9.59. The normalized spacial score (nSPS) is 12.8. The number of nitrogens with zero attached hydrogens (tertiary/aromatic N) is 1. The van der Waals surface area contributed by atoms with Gasteiger partial charge in [0.1, 0.15) is 12.4 Å². The number of rotatable bonds is 4. The van der Waals surface area contributed by atoms with Gasteiger partial charge in [-0.2, -0.15) is 0 Å². The summed E-state index contributed by atoms with van der Waals surface area (Å²) in [5.41, 5.74) is 3.21. The summed E-state index contributed by atoms with van der Waals surface area (Å²) in [4.78, 5) is 26.7. The van der Waals surface area contributed by atoms with Crippen LogP contribution in [0.3, 0.4) is 0 Å². The van der Waals surface area contributed by atoms with Crippen molar-refractivity contribution in [3.05, 3.63) is 90.0 Å². The summed E-state index contributed by atoms with van der Waals surface area (Å²) in [5, 5.41) is 3.01. The van der Waals surface area contributed by atoms with Gasteiger partial charge in [-0.05, 0) is 23.3 Å². The van der Waals surface area contributed by atoms with Gasteiger partial charge in [-0.3, -0.25) is 9.59 Å². The molecule has 29 heavy (non-hydrogen) atoms. The van der Waals surface area contributed by atoms with Crippen LogP contribution in [0, 0.1) is 0 Å². The number of ether oxygens (including phenoxy) is 1. The molecule has 0 saturated carbocycles. The average Bonchev–Trinajstić information content (AvgIpc) is 2.75. The second kappa shape index (κ2) is 8.19. The predicted molar refractivity (Wildman–Crippen MR) is 113 cm³/mol. The molecule has 4 rings (SSSR count). The maximum Gasteiger partial charge on any atom is 0.236 e. The van der Waals surface area contributed by atoms with Crippen LogP contribution in [0.2, 0.25) is 0 Å². The van der Waals surface area contributed by atoms with Gasteiger partial charge in [-0.1, -0.05) is 60.7 Å². The number of amides is 2. The molecule has 0 atom stereocenters. The summed E-state index contributed by atoms with van der Waals surface area (Å²) in [5.74, 6) is 0.0180. The molecule has 0 aromatic heterocycles. The molecule has 0 saturated heterocycles. The third-order valence-corrected chi connectivity index (χ3v) is 5.00. The SMILES string of the molecule is CC(=O)N1CCOc2cc(NC(=O)C(c3ccccc3)c3ccccc3)ccc21. The Morgan fingerprint density at radius 2 is 1.55 bits per heavy atom. The highest BCUT2D eigenvalue weighted by molar-refractivity contribution is 5.99. The molecule has 1 N–H and O–H groups in total. The van der Waals surface area contributed by atoms with Crippen molar-refractivity contribution in [1.82, 2.24) is 0 Å². The van der Waals surface area contributed by atoms with Crippen molar-refractivity contribution in [3.63, 3.8) is 0 Å². The molecule has 3 aromatic rings. The number of carbonyl (C=O) groups excluding carboxylic acids is 2. The van der Waals surface area contributed by atoms with Crippen LogP contribution in [0.4, 0.5) is 11.4 Å². The van der Waals surface area contributed by atoms with Gasteiger partial charge in [0.15, 0.2) is 0 Å². The minimum atomic E-state index is -0.428. The van der Waals surface area contributed by atoms with Gasteiger partial charge in [0.2, 0.25) is 11.8 Å². The van der Waals surface area contributed by atoms with Crippen molar-refractivity contribution in [2.45, 2.75) is 12.8 Å². The highest BCUT2D eigenvalue weighted by atomic mass is 16.5. The van der Waals surface area contributed by atoms with E-state index in [0.717, 1.165) is 16.8 Å². The number of hydrogen-bond acceptors (Lipinski definition) is 3. The van der Waals surface area contributed by atoms with E-state index in [0.29, 0.717) is 24.6 Å². The summed E-state index contributed by atoms with van der Waals surface area (Å²) < 4.78 is 5.71. The Morgan fingerprint density at radius 1 is 0.931 bits per heavy atom. The van der Waals surface area contributed by atoms with E-state index in [-0.39, 0.29) is 11.8 Å². The molecule has 0 radical (unpaired) electrons. The van der Waals surface area contributed by atoms with Crippen LogP contribution >= 0.6 is 0 Å². The second-order valence-electron chi connectivity index (χ2n) is 6.95. The highest BCUT2D eigenvalue weighted by Gasteiger charge is 2.25. The van der Waals surface area contributed by atoms with Gasteiger partial charge < -0.3 is 15.0 Å². The van der Waals surface area contributed by atoms with E-state index in [2.05, 4.69) is 5.32 Å². The summed E-state index contributed by atoms with van der Waals surface area (Å²) in [6.07, 6.45) is 0. The van der Waals surface area contributed by atoms with Crippen molar-refractivity contribution in [3.8, 4) is 5.75 Å². The summed E-state index contributed by atoms with van der Waals surface area (Å²) >= 11 is 0. The molecule has 5 heteroatoms. The van der Waals surface area contributed by atoms with Crippen LogP contribution in [0.15, 0.2) is 78.9 Å². The van der Waals surface area contributed by atoms with E-state index in [1.165, 1.54) is 6.92 Å². The van der Waals surface area contributed by atoms with E-state index in [1.54, 1.807) is 17.0 Å². The van der Waals surface area contributed by atoms with Crippen molar-refractivity contribution < 1.29 is 14.3 Å². The largest absolute Gasteiger partial charge is 0.489 e. The zero-order valence-corrected chi connectivity index (χ0v) is 16.2. The van der Waals surface area contributed by atoms with Crippen molar-refractivity contribution in [2.24, 2.45) is 0 Å². The Labute approximate surface area is 169 Å². The number of carbonyl (C=O) groups is 2. The Hall–Kier alpha value is -3.60. The van der Waals surface area contributed by atoms with Crippen molar-refractivity contribution in [2.75, 3.05) is 23.4 Å². The van der Waals surface area contributed by atoms with Gasteiger partial charge >= 0.3 is 0 Å². The lowest BCUT2D eigenvalue weighted by atomic mass is 9.90. The van der Waals surface area contributed by atoms with Gasteiger partial charge in [-0.25, -0.2) is 0 Å². The Bertz CT molecular complexity index is 979. The molecule has 1 aliphatic rings. The summed E-state index contributed by atoms with van der Waals surface area (Å²) in [7, 11) is 0. The Kier molecular flexibility index (Phi) is 5.29. The lowest BCUT2D eigenvalue weighted by Crippen LogP contribution is -2.36. The molecule has 2 amide bonds. The van der Waals surface area contributed by atoms with E-state index in [1.807, 2.05) is 66.7 Å². The van der Waals surface area contributed by atoms with Crippen molar-refractivity contribution in [1.29, 1.82) is 0 Å². The van der Waals surface area contributed by atoms with Crippen LogP contribution in [-0.2, 0) is 9.59 Å². The minimum Gasteiger partial charge on any atom is -0.489 e. The third kappa shape index (κ3) is 3.99. The molecule has 0 spiro atoms. The number of anilines is 2. The quantitative estimate of drug-likeness (QED) is 0.731. The lowest BCUT2D eigenvalue weighted by Gasteiger charge is -2.29. The topological polar surface area (TPSA) is 58.6 Å². The first-order chi connectivity index (χ1) is 14.1. The molecule has 0 fully saturated rings. The zero-order chi connectivity index (χ0) is 20.2. The maximum atomic E-state index is 13.2. The molecule has 5 nitrogen and oxygen atoms in total. The van der Waals surface area contributed by atoms with Crippen LogP contribution < -0.4 is 15.0 Å². The molecule has 1 heterocycles. The van der Waals surface area contributed by atoms with Crippen molar-refractivity contribution >= 4 is 23.2 Å². The van der Waals surface area contributed by atoms with Gasteiger partial charge in [0.05, 0.1) is 18.2 Å². The molecule has 3 aromatic carbocycles. The fourth-order valence-electron chi connectivity index (χ4n) is 3.63. The van der Waals surface area contributed by atoms with Crippen LogP contribution in [0.25, 0.3) is 0 Å². The zero-order valence-electron chi connectivity index (χ0n) is 16.2. The monoisotopic (exact) mass is 386 g/mol. The summed E-state index contributed by atoms with van der Waals surface area (Å²) in [6.45, 7) is 2.49. The van der Waals surface area contributed by atoms with Gasteiger partial charge in [-0.15, -0.1) is 0 Å². The van der Waals surface area contributed by atoms with E-state index < -0.39 is 5.92 Å². The fourth-order valence-corrected chi connectivity index (χ4v) is 3.63. The molecular weight excluding hydrogens is 364 g/mol. The number of nitrogens with one attached hydrogen (secondary N) is 1. The maximum absolute atomic E-state index is 13.2. The Morgan fingerprint density at radius 3 is 2.14 bits per heavy atom. The smallest absolute Gasteiger partial charge is 0.236 e. The number of hydrogen-bond donors (Lipinski definition) is 1. The summed E-state index contributed by atoms with van der Waals surface area (Å²) in [6, 6.07) is 24.8. The Balaban J connectivity index is 1.62. The molecule has 0 unspecified atom stereocenters. The highest BCUT2D eigenvalue weighted by Crippen LogP contribution is 2.35. The third-order valence-electron chi connectivity index (χ3n) is 5.00. The van der Waals surface area contributed by atoms with E-state index in [4.69, 9.17) is 4.74 Å². The molecule has 146 valence electrons. The standard InChI is InChI=1S/C24H22N2O3/c1-17(27)26-14-15-29-22-16-20(12-13-21(22)26)25-24(28)23(18-8-4-2-5-9-18)19-10-6-3-7-11-19/h2-13,16,23H,14-15H2,1H3,(H,25,28). The lowest BCUT2D eigenvalue weighted by molar-refractivity contribution is -0.117. The van der Waals surface area contributed by atoms with Crippen LogP contribution in [0.5, 0.6) is 5.75 Å². The van der Waals surface area contributed by atoms with Gasteiger partial charge in [0.25, 0.3) is 0 Å². The first-order valence-corrected chi connectivity index (χ1v) is 9.59. The van der Waals surface area contributed by atoms with Crippen LogP contribution in [0.1, 0.15) is 24.0 Å². The molecule has 1 aliphatic heterocycles. The number of fused-ring (bicyclic) bond motifs is 1. The minimum absolute atomic E-state index is 0.0282. The van der Waals surface area contributed by atoms with E-state index >= 15 is 0 Å². The molecule has 0 aliphatic carbocycles. The van der Waals surface area contributed by atoms with Crippen LogP contribution in [-0.4, -0.2) is 25.0 Å². The predicted octanol–water partition coefficient (Wildman–Crippen LogP) is 4.20. The fraction of sp³-hybridized carbons (Fsp3) is 0.167. The first kappa shape index (κ1) is 18.7. The number of benzene rings is 3. The van der Waals surface area contributed by atoms with E-state index in [9.17, 15) is 9.59 Å². The van der Waals surface area contributed by atoms with Gasteiger partial charge in [0, 0.05) is 18.7 Å². The molecule has 0 bridgehead atoms. The average molecular weight is 386 g/mol. The second-order valence-corrected chi connectivity index (χ2v) is 6.95. The molecular formula is C24H22N2O3.